The zero-order valence-corrected chi connectivity index (χ0v) is 12.0. The third kappa shape index (κ3) is 3.01. The summed E-state index contributed by atoms with van der Waals surface area (Å²) in [6.07, 6.45) is 1.38. The highest BCUT2D eigenvalue weighted by molar-refractivity contribution is 5.98. The molecule has 0 aromatic heterocycles. The molecule has 1 aromatic carbocycles. The van der Waals surface area contributed by atoms with E-state index in [1.165, 1.54) is 34.1 Å². The number of non-ortho nitro benzene ring substituents is 1. The maximum absolute atomic E-state index is 12.5. The Labute approximate surface area is 122 Å². The van der Waals surface area contributed by atoms with Gasteiger partial charge < -0.3 is 9.80 Å². The van der Waals surface area contributed by atoms with Gasteiger partial charge in [0.15, 0.2) is 0 Å². The minimum absolute atomic E-state index is 0.119. The number of hydrogen-bond donors (Lipinski definition) is 0. The molecular formula is C14H17N3O4. The number of carbonyl (C=O) groups excluding carboxylic acids is 2. The summed E-state index contributed by atoms with van der Waals surface area (Å²) in [5, 5.41) is 10.8. The first-order chi connectivity index (χ1) is 9.91. The van der Waals surface area contributed by atoms with E-state index >= 15 is 0 Å². The first kappa shape index (κ1) is 15.0. The highest BCUT2D eigenvalue weighted by Crippen LogP contribution is 2.23. The van der Waals surface area contributed by atoms with Crippen molar-refractivity contribution in [3.05, 3.63) is 39.9 Å². The van der Waals surface area contributed by atoms with Crippen molar-refractivity contribution in [2.24, 2.45) is 0 Å². The monoisotopic (exact) mass is 291 g/mol. The predicted octanol–water partition coefficient (Wildman–Crippen LogP) is 1.29. The molecule has 1 saturated heterocycles. The molecule has 2 amide bonds. The molecule has 0 aliphatic carbocycles. The molecule has 0 spiro atoms. The van der Waals surface area contributed by atoms with Crippen molar-refractivity contribution in [2.75, 3.05) is 20.6 Å². The molecule has 1 unspecified atom stereocenters. The number of amides is 2. The second kappa shape index (κ2) is 5.90. The van der Waals surface area contributed by atoms with E-state index in [1.54, 1.807) is 14.1 Å². The third-order valence-electron chi connectivity index (χ3n) is 3.54. The summed E-state index contributed by atoms with van der Waals surface area (Å²) in [6, 6.07) is 5.11. The SMILES string of the molecule is CN(C)C(=O)C1CCCN1C(=O)c1cccc([N+](=O)[O-])c1. The van der Waals surface area contributed by atoms with Crippen LogP contribution in [0.5, 0.6) is 0 Å². The van der Waals surface area contributed by atoms with Crippen molar-refractivity contribution < 1.29 is 14.5 Å². The van der Waals surface area contributed by atoms with Crippen LogP contribution in [0.2, 0.25) is 0 Å². The Morgan fingerprint density at radius 2 is 2.10 bits per heavy atom. The van der Waals surface area contributed by atoms with Gasteiger partial charge in [0.05, 0.1) is 4.92 Å². The van der Waals surface area contributed by atoms with Gasteiger partial charge in [0, 0.05) is 38.3 Å². The summed E-state index contributed by atoms with van der Waals surface area (Å²) in [6.45, 7) is 0.492. The zero-order valence-electron chi connectivity index (χ0n) is 12.0. The maximum atomic E-state index is 12.5. The Bertz CT molecular complexity index is 585. The normalized spacial score (nSPS) is 17.6. The van der Waals surface area contributed by atoms with Crippen LogP contribution in [0.25, 0.3) is 0 Å². The summed E-state index contributed by atoms with van der Waals surface area (Å²) < 4.78 is 0. The van der Waals surface area contributed by atoms with Gasteiger partial charge in [-0.15, -0.1) is 0 Å². The Morgan fingerprint density at radius 3 is 2.71 bits per heavy atom. The molecule has 1 aliphatic heterocycles. The van der Waals surface area contributed by atoms with Gasteiger partial charge in [-0.2, -0.15) is 0 Å². The highest BCUT2D eigenvalue weighted by Gasteiger charge is 2.35. The number of nitro benzene ring substituents is 1. The van der Waals surface area contributed by atoms with Crippen molar-refractivity contribution in [1.29, 1.82) is 0 Å². The summed E-state index contributed by atoms with van der Waals surface area (Å²) >= 11 is 0. The van der Waals surface area contributed by atoms with E-state index in [0.29, 0.717) is 13.0 Å². The number of nitro groups is 1. The molecule has 0 N–H and O–H groups in total. The Balaban J connectivity index is 2.24. The number of hydrogen-bond acceptors (Lipinski definition) is 4. The molecular weight excluding hydrogens is 274 g/mol. The van der Waals surface area contributed by atoms with Crippen molar-refractivity contribution >= 4 is 17.5 Å². The van der Waals surface area contributed by atoms with Crippen LogP contribution in [0.4, 0.5) is 5.69 Å². The second-order valence-corrected chi connectivity index (χ2v) is 5.20. The minimum Gasteiger partial charge on any atom is -0.347 e. The number of nitrogens with zero attached hydrogens (tertiary/aromatic N) is 3. The molecule has 1 atom stereocenters. The van der Waals surface area contributed by atoms with Gasteiger partial charge in [-0.05, 0) is 18.9 Å². The van der Waals surface area contributed by atoms with Gasteiger partial charge in [0.1, 0.15) is 6.04 Å². The molecule has 1 aromatic rings. The van der Waals surface area contributed by atoms with Gasteiger partial charge in [0.2, 0.25) is 5.91 Å². The first-order valence-corrected chi connectivity index (χ1v) is 6.68. The lowest BCUT2D eigenvalue weighted by Gasteiger charge is -2.26. The number of rotatable bonds is 3. The Hall–Kier alpha value is -2.44. The summed E-state index contributed by atoms with van der Waals surface area (Å²) in [7, 11) is 3.30. The summed E-state index contributed by atoms with van der Waals surface area (Å²) in [5.41, 5.74) is 0.109. The van der Waals surface area contributed by atoms with E-state index in [2.05, 4.69) is 0 Å². The number of likely N-dealkylation sites (N-methyl/N-ethyl adjacent to an activating group) is 1. The largest absolute Gasteiger partial charge is 0.347 e. The molecule has 1 heterocycles. The van der Waals surface area contributed by atoms with Crippen molar-refractivity contribution in [2.45, 2.75) is 18.9 Å². The standard InChI is InChI=1S/C14H17N3O4/c1-15(2)14(19)12-7-4-8-16(12)13(18)10-5-3-6-11(9-10)17(20)21/h3,5-6,9,12H,4,7-8H2,1-2H3. The van der Waals surface area contributed by atoms with E-state index in [-0.39, 0.29) is 23.1 Å². The average Bonchev–Trinajstić information content (AvgIpc) is 2.94. The van der Waals surface area contributed by atoms with Gasteiger partial charge in [0.25, 0.3) is 11.6 Å². The molecule has 1 aliphatic rings. The maximum Gasteiger partial charge on any atom is 0.270 e. The van der Waals surface area contributed by atoms with E-state index in [4.69, 9.17) is 0 Å². The van der Waals surface area contributed by atoms with Crippen molar-refractivity contribution in [3.8, 4) is 0 Å². The molecule has 112 valence electrons. The topological polar surface area (TPSA) is 83.8 Å². The lowest BCUT2D eigenvalue weighted by molar-refractivity contribution is -0.384. The minimum atomic E-state index is -0.538. The molecule has 0 saturated carbocycles. The fourth-order valence-electron chi connectivity index (χ4n) is 2.48. The first-order valence-electron chi connectivity index (χ1n) is 6.68. The Morgan fingerprint density at radius 1 is 1.38 bits per heavy atom. The van der Waals surface area contributed by atoms with Crippen LogP contribution in [0, 0.1) is 10.1 Å². The number of benzene rings is 1. The second-order valence-electron chi connectivity index (χ2n) is 5.20. The van der Waals surface area contributed by atoms with Crippen molar-refractivity contribution in [1.82, 2.24) is 9.80 Å². The van der Waals surface area contributed by atoms with E-state index in [1.807, 2.05) is 0 Å². The number of likely N-dealkylation sites (tertiary alicyclic amines) is 1. The molecule has 7 nitrogen and oxygen atoms in total. The molecule has 7 heteroatoms. The number of carbonyl (C=O) groups is 2. The lowest BCUT2D eigenvalue weighted by atomic mass is 10.1. The van der Waals surface area contributed by atoms with Crippen LogP contribution in [0.1, 0.15) is 23.2 Å². The fourth-order valence-corrected chi connectivity index (χ4v) is 2.48. The van der Waals surface area contributed by atoms with Crippen LogP contribution in [0.3, 0.4) is 0 Å². The molecule has 2 rings (SSSR count). The van der Waals surface area contributed by atoms with Gasteiger partial charge in [-0.25, -0.2) is 0 Å². The molecule has 1 fully saturated rings. The smallest absolute Gasteiger partial charge is 0.270 e. The van der Waals surface area contributed by atoms with E-state index < -0.39 is 11.0 Å². The molecule has 0 radical (unpaired) electrons. The Kier molecular flexibility index (Phi) is 4.21. The zero-order chi connectivity index (χ0) is 15.6. The van der Waals surface area contributed by atoms with Crippen LogP contribution in [0.15, 0.2) is 24.3 Å². The van der Waals surface area contributed by atoms with E-state index in [0.717, 1.165) is 6.42 Å². The van der Waals surface area contributed by atoms with Crippen LogP contribution in [-0.2, 0) is 4.79 Å². The molecule has 21 heavy (non-hydrogen) atoms. The average molecular weight is 291 g/mol. The highest BCUT2D eigenvalue weighted by atomic mass is 16.6. The van der Waals surface area contributed by atoms with Crippen LogP contribution in [-0.4, -0.2) is 53.2 Å². The lowest BCUT2D eigenvalue weighted by Crippen LogP contribution is -2.45. The molecule has 0 bridgehead atoms. The van der Waals surface area contributed by atoms with Gasteiger partial charge >= 0.3 is 0 Å². The van der Waals surface area contributed by atoms with Gasteiger partial charge in [-0.3, -0.25) is 19.7 Å². The van der Waals surface area contributed by atoms with Gasteiger partial charge in [-0.1, -0.05) is 6.07 Å². The summed E-state index contributed by atoms with van der Waals surface area (Å²) in [5.74, 6) is -0.456. The fraction of sp³-hybridized carbons (Fsp3) is 0.429. The van der Waals surface area contributed by atoms with Crippen molar-refractivity contribution in [3.63, 3.8) is 0 Å². The summed E-state index contributed by atoms with van der Waals surface area (Å²) in [4.78, 5) is 37.8. The third-order valence-corrected chi connectivity index (χ3v) is 3.54. The van der Waals surface area contributed by atoms with E-state index in [9.17, 15) is 19.7 Å². The van der Waals surface area contributed by atoms with Crippen LogP contribution < -0.4 is 0 Å². The predicted molar refractivity (Wildman–Crippen MR) is 75.8 cm³/mol. The quantitative estimate of drug-likeness (QED) is 0.620. The van der Waals surface area contributed by atoms with Crippen LogP contribution >= 0.6 is 0 Å².